The maximum absolute atomic E-state index is 13.5. The maximum Gasteiger partial charge on any atom is 0.350 e. The van der Waals surface area contributed by atoms with Crippen LogP contribution in [0.25, 0.3) is 0 Å². The molecule has 5 nitrogen and oxygen atoms in total. The van der Waals surface area contributed by atoms with Gasteiger partial charge >= 0.3 is 5.97 Å². The number of methoxy groups -OCH3 is 1. The zero-order valence-corrected chi connectivity index (χ0v) is 11.9. The first-order valence-corrected chi connectivity index (χ1v) is 6.61. The molecule has 0 aliphatic rings. The number of hydrogen-bond donors (Lipinski definition) is 1. The third kappa shape index (κ3) is 2.89. The molecule has 0 aromatic carbocycles. The van der Waals surface area contributed by atoms with Crippen molar-refractivity contribution in [2.45, 2.75) is 6.92 Å². The normalized spacial score (nSPS) is 10.3. The number of nitrogens with one attached hydrogen (secondary N) is 1. The molecule has 1 N–H and O–H groups in total. The van der Waals surface area contributed by atoms with Crippen LogP contribution in [0, 0.1) is 18.7 Å². The molecule has 0 fully saturated rings. The number of carbonyl (C=O) groups excluding carboxylic acids is 2. The van der Waals surface area contributed by atoms with Gasteiger partial charge in [0.15, 0.2) is 5.82 Å². The SMILES string of the molecule is COC(=O)c1scc(C)c1NC(=O)c1ccnc(F)c1F. The molecular weight excluding hydrogens is 302 g/mol. The third-order valence-electron chi connectivity index (χ3n) is 2.68. The van der Waals surface area contributed by atoms with Gasteiger partial charge in [-0.3, -0.25) is 4.79 Å². The van der Waals surface area contributed by atoms with E-state index in [-0.39, 0.29) is 10.6 Å². The summed E-state index contributed by atoms with van der Waals surface area (Å²) in [7, 11) is 1.21. The lowest BCUT2D eigenvalue weighted by atomic mass is 10.2. The van der Waals surface area contributed by atoms with Gasteiger partial charge in [0.2, 0.25) is 5.95 Å². The highest BCUT2D eigenvalue weighted by Crippen LogP contribution is 2.29. The van der Waals surface area contributed by atoms with Crippen LogP contribution in [0.4, 0.5) is 14.5 Å². The number of ether oxygens (including phenoxy) is 1. The third-order valence-corrected chi connectivity index (χ3v) is 3.75. The molecule has 2 aromatic heterocycles. The fraction of sp³-hybridized carbons (Fsp3) is 0.154. The average Bonchev–Trinajstić information content (AvgIpc) is 2.82. The van der Waals surface area contributed by atoms with Gasteiger partial charge in [0.1, 0.15) is 4.88 Å². The van der Waals surface area contributed by atoms with Crippen molar-refractivity contribution in [3.05, 3.63) is 45.4 Å². The molecule has 21 heavy (non-hydrogen) atoms. The molecule has 0 saturated carbocycles. The monoisotopic (exact) mass is 312 g/mol. The summed E-state index contributed by atoms with van der Waals surface area (Å²) in [6.45, 7) is 1.67. The fourth-order valence-corrected chi connectivity index (χ4v) is 2.54. The number of thiophene rings is 1. The predicted octanol–water partition coefficient (Wildman–Crippen LogP) is 2.77. The van der Waals surface area contributed by atoms with Crippen LogP contribution in [0.5, 0.6) is 0 Å². The minimum Gasteiger partial charge on any atom is -0.465 e. The lowest BCUT2D eigenvalue weighted by Gasteiger charge is -2.08. The zero-order chi connectivity index (χ0) is 15.6. The Morgan fingerprint density at radius 3 is 2.76 bits per heavy atom. The van der Waals surface area contributed by atoms with Crippen LogP contribution < -0.4 is 5.32 Å². The Labute approximate surface area is 122 Å². The summed E-state index contributed by atoms with van der Waals surface area (Å²) in [4.78, 5) is 26.9. The van der Waals surface area contributed by atoms with E-state index in [0.717, 1.165) is 23.6 Å². The van der Waals surface area contributed by atoms with E-state index in [0.29, 0.717) is 5.56 Å². The van der Waals surface area contributed by atoms with Crippen LogP contribution in [0.15, 0.2) is 17.6 Å². The van der Waals surface area contributed by atoms with Gasteiger partial charge in [-0.15, -0.1) is 11.3 Å². The van der Waals surface area contributed by atoms with E-state index in [1.54, 1.807) is 12.3 Å². The summed E-state index contributed by atoms with van der Waals surface area (Å²) in [6, 6.07) is 1.05. The van der Waals surface area contributed by atoms with E-state index in [1.807, 2.05) is 0 Å². The molecule has 1 amide bonds. The van der Waals surface area contributed by atoms with Crippen molar-refractivity contribution in [1.82, 2.24) is 4.98 Å². The van der Waals surface area contributed by atoms with Crippen LogP contribution in [0.3, 0.4) is 0 Å². The predicted molar refractivity (Wildman–Crippen MR) is 72.5 cm³/mol. The van der Waals surface area contributed by atoms with E-state index in [9.17, 15) is 18.4 Å². The maximum atomic E-state index is 13.5. The molecular formula is C13H10F2N2O3S. The first-order valence-electron chi connectivity index (χ1n) is 5.73. The molecule has 0 saturated heterocycles. The number of aromatic nitrogens is 1. The Balaban J connectivity index is 2.34. The van der Waals surface area contributed by atoms with Crippen LogP contribution in [0.2, 0.25) is 0 Å². The summed E-state index contributed by atoms with van der Waals surface area (Å²) in [6.07, 6.45) is 0.981. The fourth-order valence-electron chi connectivity index (χ4n) is 1.62. The molecule has 0 aliphatic heterocycles. The Bertz CT molecular complexity index is 715. The minimum atomic E-state index is -1.36. The molecule has 2 aromatic rings. The molecule has 0 radical (unpaired) electrons. The molecule has 0 bridgehead atoms. The van der Waals surface area contributed by atoms with Crippen molar-refractivity contribution in [3.63, 3.8) is 0 Å². The number of rotatable bonds is 3. The lowest BCUT2D eigenvalue weighted by Crippen LogP contribution is -2.17. The van der Waals surface area contributed by atoms with Gasteiger partial charge in [0.25, 0.3) is 5.91 Å². The van der Waals surface area contributed by atoms with Crippen LogP contribution in [-0.4, -0.2) is 24.0 Å². The Morgan fingerprint density at radius 2 is 2.10 bits per heavy atom. The second-order valence-electron chi connectivity index (χ2n) is 4.03. The Morgan fingerprint density at radius 1 is 1.38 bits per heavy atom. The van der Waals surface area contributed by atoms with Crippen molar-refractivity contribution >= 4 is 28.9 Å². The van der Waals surface area contributed by atoms with E-state index in [2.05, 4.69) is 15.0 Å². The highest BCUT2D eigenvalue weighted by atomic mass is 32.1. The molecule has 110 valence electrons. The van der Waals surface area contributed by atoms with E-state index >= 15 is 0 Å². The highest BCUT2D eigenvalue weighted by molar-refractivity contribution is 7.12. The highest BCUT2D eigenvalue weighted by Gasteiger charge is 2.21. The Hall–Kier alpha value is -2.35. The van der Waals surface area contributed by atoms with E-state index < -0.39 is 29.2 Å². The number of hydrogen-bond acceptors (Lipinski definition) is 5. The summed E-state index contributed by atoms with van der Waals surface area (Å²) in [5, 5.41) is 4.04. The topological polar surface area (TPSA) is 68.3 Å². The van der Waals surface area contributed by atoms with Crippen molar-refractivity contribution in [3.8, 4) is 0 Å². The molecule has 0 aliphatic carbocycles. The Kier molecular flexibility index (Phi) is 4.27. The summed E-state index contributed by atoms with van der Waals surface area (Å²) in [5.41, 5.74) is 0.334. The number of carbonyl (C=O) groups is 2. The molecule has 2 heterocycles. The summed E-state index contributed by atoms with van der Waals surface area (Å²) in [5.74, 6) is -4.20. The van der Waals surface area contributed by atoms with E-state index in [1.165, 1.54) is 7.11 Å². The van der Waals surface area contributed by atoms with Crippen molar-refractivity contribution in [1.29, 1.82) is 0 Å². The molecule has 0 atom stereocenters. The summed E-state index contributed by atoms with van der Waals surface area (Å²) >= 11 is 1.08. The average molecular weight is 312 g/mol. The first kappa shape index (κ1) is 15.0. The van der Waals surface area contributed by atoms with Gasteiger partial charge in [-0.2, -0.15) is 4.39 Å². The van der Waals surface area contributed by atoms with Crippen LogP contribution in [-0.2, 0) is 4.74 Å². The molecule has 8 heteroatoms. The van der Waals surface area contributed by atoms with Gasteiger partial charge in [-0.05, 0) is 23.9 Å². The van der Waals surface area contributed by atoms with Crippen LogP contribution in [0.1, 0.15) is 25.6 Å². The number of nitrogens with zero attached hydrogens (tertiary/aromatic N) is 1. The lowest BCUT2D eigenvalue weighted by molar-refractivity contribution is 0.0607. The van der Waals surface area contributed by atoms with Crippen LogP contribution >= 0.6 is 11.3 Å². The second kappa shape index (κ2) is 5.96. The van der Waals surface area contributed by atoms with Gasteiger partial charge < -0.3 is 10.1 Å². The minimum absolute atomic E-state index is 0.179. The number of aryl methyl sites for hydroxylation is 1. The quantitative estimate of drug-likeness (QED) is 0.699. The number of halogens is 2. The standard InChI is InChI=1S/C13H10F2N2O3S/c1-6-5-21-10(13(19)20-2)9(6)17-12(18)7-3-4-16-11(15)8(7)14/h3-5H,1-2H3,(H,17,18). The van der Waals surface area contributed by atoms with Gasteiger partial charge in [-0.1, -0.05) is 0 Å². The molecule has 2 rings (SSSR count). The summed E-state index contributed by atoms with van der Waals surface area (Å²) < 4.78 is 31.1. The van der Waals surface area contributed by atoms with Gasteiger partial charge in [0, 0.05) is 6.20 Å². The van der Waals surface area contributed by atoms with Crippen molar-refractivity contribution < 1.29 is 23.1 Å². The largest absolute Gasteiger partial charge is 0.465 e. The number of amides is 1. The second-order valence-corrected chi connectivity index (χ2v) is 4.91. The van der Waals surface area contributed by atoms with Crippen molar-refractivity contribution in [2.75, 3.05) is 12.4 Å². The van der Waals surface area contributed by atoms with Gasteiger partial charge in [-0.25, -0.2) is 14.2 Å². The molecule has 0 spiro atoms. The van der Waals surface area contributed by atoms with E-state index in [4.69, 9.17) is 0 Å². The number of pyridine rings is 1. The number of esters is 1. The smallest absolute Gasteiger partial charge is 0.350 e. The molecule has 0 unspecified atom stereocenters. The van der Waals surface area contributed by atoms with Crippen molar-refractivity contribution in [2.24, 2.45) is 0 Å². The van der Waals surface area contributed by atoms with Gasteiger partial charge in [0.05, 0.1) is 18.4 Å². The number of anilines is 1. The zero-order valence-electron chi connectivity index (χ0n) is 11.1. The first-order chi connectivity index (χ1) is 9.95.